The van der Waals surface area contributed by atoms with E-state index in [1.54, 1.807) is 12.1 Å². The Labute approximate surface area is 175 Å². The van der Waals surface area contributed by atoms with E-state index in [1.165, 1.54) is 19.1 Å². The lowest BCUT2D eigenvalue weighted by Crippen LogP contribution is -2.52. The zero-order valence-corrected chi connectivity index (χ0v) is 17.4. The van der Waals surface area contributed by atoms with E-state index in [9.17, 15) is 9.18 Å². The second-order valence-electron chi connectivity index (χ2n) is 7.79. The van der Waals surface area contributed by atoms with Crippen molar-refractivity contribution in [1.29, 1.82) is 0 Å². The third-order valence-electron chi connectivity index (χ3n) is 5.77. The molecule has 7 heteroatoms. The van der Waals surface area contributed by atoms with Crippen LogP contribution in [0.15, 0.2) is 36.4 Å². The smallest absolute Gasteiger partial charge is 0.231 e. The molecule has 0 saturated carbocycles. The Bertz CT molecular complexity index is 908. The lowest BCUT2D eigenvalue weighted by Gasteiger charge is -2.42. The highest BCUT2D eigenvalue weighted by molar-refractivity contribution is 5.74. The molecule has 2 aliphatic rings. The van der Waals surface area contributed by atoms with Crippen LogP contribution in [-0.4, -0.2) is 37.3 Å². The number of nitrogens with zero attached hydrogens (tertiary/aromatic N) is 1. The van der Waals surface area contributed by atoms with Crippen LogP contribution in [0.25, 0.3) is 0 Å². The number of benzene rings is 2. The summed E-state index contributed by atoms with van der Waals surface area (Å²) in [6.07, 6.45) is 1.49. The molecule has 2 heterocycles. The van der Waals surface area contributed by atoms with Gasteiger partial charge in [-0.05, 0) is 43.5 Å². The van der Waals surface area contributed by atoms with Crippen LogP contribution >= 0.6 is 0 Å². The number of rotatable bonds is 6. The Morgan fingerprint density at radius 3 is 2.47 bits per heavy atom. The first-order valence-corrected chi connectivity index (χ1v) is 10.3. The number of likely N-dealkylation sites (tertiary alicyclic amines) is 1. The quantitative estimate of drug-likeness (QED) is 0.783. The Hall–Kier alpha value is -2.80. The van der Waals surface area contributed by atoms with E-state index < -0.39 is 5.54 Å². The first-order valence-electron chi connectivity index (χ1n) is 10.3. The summed E-state index contributed by atoms with van der Waals surface area (Å²) in [4.78, 5) is 14.3. The highest BCUT2D eigenvalue weighted by Gasteiger charge is 2.37. The fourth-order valence-electron chi connectivity index (χ4n) is 4.30. The zero-order chi connectivity index (χ0) is 21.1. The molecule has 1 fully saturated rings. The van der Waals surface area contributed by atoms with E-state index in [0.717, 1.165) is 48.6 Å². The van der Waals surface area contributed by atoms with Crippen molar-refractivity contribution in [3.63, 3.8) is 0 Å². The number of halogens is 1. The molecule has 1 saturated heterocycles. The second-order valence-corrected chi connectivity index (χ2v) is 7.79. The summed E-state index contributed by atoms with van der Waals surface area (Å²) >= 11 is 0. The number of hydrogen-bond donors (Lipinski definition) is 1. The van der Waals surface area contributed by atoms with Gasteiger partial charge in [0.25, 0.3) is 0 Å². The molecule has 4 rings (SSSR count). The van der Waals surface area contributed by atoms with Gasteiger partial charge >= 0.3 is 0 Å². The van der Waals surface area contributed by atoms with Crippen molar-refractivity contribution in [2.75, 3.05) is 26.5 Å². The Kier molecular flexibility index (Phi) is 5.81. The van der Waals surface area contributed by atoms with Gasteiger partial charge in [0.05, 0.1) is 12.1 Å². The van der Waals surface area contributed by atoms with Gasteiger partial charge < -0.3 is 19.5 Å². The summed E-state index contributed by atoms with van der Waals surface area (Å²) in [5, 5.41) is 3.13. The minimum atomic E-state index is -0.479. The minimum Gasteiger partial charge on any atom is -0.493 e. The maximum absolute atomic E-state index is 13.4. The van der Waals surface area contributed by atoms with Crippen LogP contribution in [0.5, 0.6) is 17.2 Å². The van der Waals surface area contributed by atoms with Crippen molar-refractivity contribution in [2.24, 2.45) is 0 Å². The van der Waals surface area contributed by atoms with E-state index in [-0.39, 0.29) is 18.5 Å². The van der Waals surface area contributed by atoms with Gasteiger partial charge in [-0.2, -0.15) is 0 Å². The van der Waals surface area contributed by atoms with E-state index in [2.05, 4.69) is 10.2 Å². The van der Waals surface area contributed by atoms with Gasteiger partial charge in [-0.15, -0.1) is 0 Å². The normalized spacial score (nSPS) is 17.6. The van der Waals surface area contributed by atoms with Gasteiger partial charge in [-0.1, -0.05) is 12.1 Å². The third-order valence-corrected chi connectivity index (χ3v) is 5.77. The maximum Gasteiger partial charge on any atom is 0.231 e. The second kappa shape index (κ2) is 8.52. The standard InChI is InChI=1S/C23H27FN2O4/c1-3-28-20-13-22-21(29-15-30-22)12-17(20)14-26-10-8-23(9-11-26,25-16(2)27)18-4-6-19(24)7-5-18/h4-7,12-13H,3,8-11,14-15H2,1-2H3,(H,25,27). The molecular formula is C23H27FN2O4. The molecule has 0 bridgehead atoms. The van der Waals surface area contributed by atoms with E-state index >= 15 is 0 Å². The van der Waals surface area contributed by atoms with E-state index in [0.29, 0.717) is 18.9 Å². The molecule has 0 radical (unpaired) electrons. The molecule has 0 aromatic heterocycles. The monoisotopic (exact) mass is 414 g/mol. The average Bonchev–Trinajstić information content (AvgIpc) is 3.17. The molecule has 0 aliphatic carbocycles. The van der Waals surface area contributed by atoms with Crippen LogP contribution in [0.1, 0.15) is 37.8 Å². The van der Waals surface area contributed by atoms with Crippen molar-refractivity contribution in [2.45, 2.75) is 38.8 Å². The number of hydrogen-bond acceptors (Lipinski definition) is 5. The lowest BCUT2D eigenvalue weighted by atomic mass is 9.80. The molecule has 2 aliphatic heterocycles. The maximum atomic E-state index is 13.4. The van der Waals surface area contributed by atoms with Crippen LogP contribution in [0.2, 0.25) is 0 Å². The molecule has 6 nitrogen and oxygen atoms in total. The van der Waals surface area contributed by atoms with Gasteiger partial charge in [0, 0.05) is 38.2 Å². The molecule has 0 atom stereocenters. The van der Waals surface area contributed by atoms with Crippen LogP contribution in [0, 0.1) is 5.82 Å². The highest BCUT2D eigenvalue weighted by Crippen LogP contribution is 2.40. The summed E-state index contributed by atoms with van der Waals surface area (Å²) in [5.74, 6) is 1.90. The molecule has 0 spiro atoms. The SMILES string of the molecule is CCOc1cc2c(cc1CN1CCC(NC(C)=O)(c3ccc(F)cc3)CC1)OCO2. The molecule has 2 aromatic rings. The first-order chi connectivity index (χ1) is 14.5. The topological polar surface area (TPSA) is 60.0 Å². The van der Waals surface area contributed by atoms with Gasteiger partial charge in [0.15, 0.2) is 11.5 Å². The molecule has 2 aromatic carbocycles. The number of carbonyl (C=O) groups is 1. The van der Waals surface area contributed by atoms with Crippen molar-refractivity contribution in [3.8, 4) is 17.2 Å². The largest absolute Gasteiger partial charge is 0.493 e. The van der Waals surface area contributed by atoms with Crippen LogP contribution in [0.4, 0.5) is 4.39 Å². The minimum absolute atomic E-state index is 0.0813. The number of ether oxygens (including phenoxy) is 3. The van der Waals surface area contributed by atoms with E-state index in [4.69, 9.17) is 14.2 Å². The summed E-state index contributed by atoms with van der Waals surface area (Å²) in [7, 11) is 0. The summed E-state index contributed by atoms with van der Waals surface area (Å²) < 4.78 is 30.2. The molecule has 160 valence electrons. The number of piperidine rings is 1. The lowest BCUT2D eigenvalue weighted by molar-refractivity contribution is -0.121. The molecule has 1 N–H and O–H groups in total. The number of nitrogens with one attached hydrogen (secondary N) is 1. The number of carbonyl (C=O) groups excluding carboxylic acids is 1. The summed E-state index contributed by atoms with van der Waals surface area (Å²) in [6.45, 7) is 6.58. The summed E-state index contributed by atoms with van der Waals surface area (Å²) in [6, 6.07) is 10.3. The highest BCUT2D eigenvalue weighted by atomic mass is 19.1. The van der Waals surface area contributed by atoms with Crippen molar-refractivity contribution in [3.05, 3.63) is 53.3 Å². The molecule has 30 heavy (non-hydrogen) atoms. The first kappa shape index (κ1) is 20.5. The van der Waals surface area contributed by atoms with Crippen LogP contribution < -0.4 is 19.5 Å². The van der Waals surface area contributed by atoms with Gasteiger partial charge in [-0.3, -0.25) is 9.69 Å². The van der Waals surface area contributed by atoms with Crippen molar-refractivity contribution >= 4 is 5.91 Å². The zero-order valence-electron chi connectivity index (χ0n) is 17.4. The van der Waals surface area contributed by atoms with Crippen molar-refractivity contribution < 1.29 is 23.4 Å². The number of amides is 1. The molecule has 1 amide bonds. The predicted molar refractivity (Wildman–Crippen MR) is 110 cm³/mol. The van der Waals surface area contributed by atoms with E-state index in [1.807, 2.05) is 19.1 Å². The third kappa shape index (κ3) is 4.21. The Morgan fingerprint density at radius 2 is 1.83 bits per heavy atom. The molecular weight excluding hydrogens is 387 g/mol. The fraction of sp³-hybridized carbons (Fsp3) is 0.435. The predicted octanol–water partition coefficient (Wildman–Crippen LogP) is 3.58. The van der Waals surface area contributed by atoms with Crippen LogP contribution in [0.3, 0.4) is 0 Å². The van der Waals surface area contributed by atoms with Gasteiger partial charge in [-0.25, -0.2) is 4.39 Å². The van der Waals surface area contributed by atoms with Gasteiger partial charge in [0.1, 0.15) is 11.6 Å². The average molecular weight is 414 g/mol. The Balaban J connectivity index is 1.51. The van der Waals surface area contributed by atoms with Crippen LogP contribution in [-0.2, 0) is 16.9 Å². The fourth-order valence-corrected chi connectivity index (χ4v) is 4.30. The van der Waals surface area contributed by atoms with Gasteiger partial charge in [0.2, 0.25) is 12.7 Å². The number of fused-ring (bicyclic) bond motifs is 1. The molecule has 0 unspecified atom stereocenters. The summed E-state index contributed by atoms with van der Waals surface area (Å²) in [5.41, 5.74) is 1.51. The Morgan fingerprint density at radius 1 is 1.17 bits per heavy atom. The van der Waals surface area contributed by atoms with Crippen molar-refractivity contribution in [1.82, 2.24) is 10.2 Å².